The fourth-order valence-corrected chi connectivity index (χ4v) is 7.02. The number of nitrogens with zero attached hydrogens (tertiary/aromatic N) is 1. The summed E-state index contributed by atoms with van der Waals surface area (Å²) in [7, 11) is 2.13. The van der Waals surface area contributed by atoms with Crippen LogP contribution in [0.25, 0.3) is 11.1 Å². The van der Waals surface area contributed by atoms with E-state index in [9.17, 15) is 0 Å². The molecule has 3 N–H and O–H groups in total. The first-order valence-corrected chi connectivity index (χ1v) is 18.0. The minimum Gasteiger partial charge on any atom is -0.488 e. The molecule has 1 aliphatic heterocycles. The first kappa shape index (κ1) is 34.6. The van der Waals surface area contributed by atoms with Gasteiger partial charge in [0.05, 0.1) is 18.8 Å². The van der Waals surface area contributed by atoms with Gasteiger partial charge in [-0.2, -0.15) is 0 Å². The smallest absolute Gasteiger partial charge is 0.136 e. The van der Waals surface area contributed by atoms with Crippen molar-refractivity contribution in [3.63, 3.8) is 0 Å². The van der Waals surface area contributed by atoms with Crippen molar-refractivity contribution >= 4 is 28.2 Å². The van der Waals surface area contributed by atoms with Crippen LogP contribution >= 0.6 is 0 Å². The van der Waals surface area contributed by atoms with Crippen molar-refractivity contribution in [2.24, 2.45) is 0 Å². The topological polar surface area (TPSA) is 48.6 Å². The van der Waals surface area contributed by atoms with Crippen LogP contribution in [0.15, 0.2) is 189 Å². The fraction of sp³-hybridized carbons (Fsp3) is 0.149. The second kappa shape index (κ2) is 16.4. The Labute approximate surface area is 308 Å². The molecule has 5 heteroatoms. The minimum absolute atomic E-state index is 0.00758. The van der Waals surface area contributed by atoms with Crippen LogP contribution in [0.2, 0.25) is 0 Å². The van der Waals surface area contributed by atoms with Crippen molar-refractivity contribution in [2.75, 3.05) is 24.2 Å². The largest absolute Gasteiger partial charge is 0.488 e. The van der Waals surface area contributed by atoms with E-state index < -0.39 is 0 Å². The first-order chi connectivity index (χ1) is 25.5. The third-order valence-corrected chi connectivity index (χ3v) is 9.73. The van der Waals surface area contributed by atoms with Gasteiger partial charge >= 0.3 is 0 Å². The molecule has 4 aromatic carbocycles. The van der Waals surface area contributed by atoms with E-state index >= 15 is 0 Å². The Morgan fingerprint density at radius 3 is 2.56 bits per heavy atom. The molecule has 1 saturated heterocycles. The van der Waals surface area contributed by atoms with Gasteiger partial charge in [-0.15, -0.1) is 0 Å². The normalized spacial score (nSPS) is 21.6. The number of fused-ring (bicyclic) bond motifs is 1. The summed E-state index contributed by atoms with van der Waals surface area (Å²) >= 11 is 0. The zero-order valence-corrected chi connectivity index (χ0v) is 29.7. The molecule has 3 aliphatic rings. The summed E-state index contributed by atoms with van der Waals surface area (Å²) in [6, 6.07) is 36.2. The van der Waals surface area contributed by atoms with Gasteiger partial charge in [0, 0.05) is 34.7 Å². The van der Waals surface area contributed by atoms with Crippen LogP contribution < -0.4 is 16.0 Å². The summed E-state index contributed by atoms with van der Waals surface area (Å²) < 4.78 is 6.09. The molecule has 0 bridgehead atoms. The third kappa shape index (κ3) is 8.35. The van der Waals surface area contributed by atoms with Gasteiger partial charge in [0.1, 0.15) is 11.9 Å². The second-order valence-corrected chi connectivity index (χ2v) is 13.4. The Morgan fingerprint density at radius 1 is 0.865 bits per heavy atom. The molecule has 0 aromatic heterocycles. The number of anilines is 3. The first-order valence-electron chi connectivity index (χ1n) is 18.0. The van der Waals surface area contributed by atoms with E-state index in [4.69, 9.17) is 4.74 Å². The number of benzene rings is 4. The van der Waals surface area contributed by atoms with Gasteiger partial charge in [-0.05, 0) is 83.8 Å². The molecule has 4 atom stereocenters. The maximum absolute atomic E-state index is 6.09. The fourth-order valence-electron chi connectivity index (χ4n) is 7.02. The van der Waals surface area contributed by atoms with E-state index in [0.717, 1.165) is 40.4 Å². The van der Waals surface area contributed by atoms with Gasteiger partial charge in [0.2, 0.25) is 0 Å². The molecule has 52 heavy (non-hydrogen) atoms. The number of para-hydroxylation sites is 2. The highest BCUT2D eigenvalue weighted by atomic mass is 16.5. The zero-order chi connectivity index (χ0) is 35.7. The summed E-state index contributed by atoms with van der Waals surface area (Å²) in [5.74, 6) is 1.03. The van der Waals surface area contributed by atoms with Crippen molar-refractivity contribution in [3.05, 3.63) is 211 Å². The molecule has 260 valence electrons. The summed E-state index contributed by atoms with van der Waals surface area (Å²) in [5, 5.41) is 10.7. The number of hydrogen-bond acceptors (Lipinski definition) is 5. The average Bonchev–Trinajstić information content (AvgIpc) is 3.18. The average molecular weight is 683 g/mol. The molecule has 0 amide bonds. The lowest BCUT2D eigenvalue weighted by molar-refractivity contribution is 0.0326. The number of nitrogens with one attached hydrogen (secondary N) is 3. The van der Waals surface area contributed by atoms with Crippen molar-refractivity contribution < 1.29 is 4.74 Å². The van der Waals surface area contributed by atoms with Crippen LogP contribution in [-0.4, -0.2) is 30.6 Å². The van der Waals surface area contributed by atoms with Crippen molar-refractivity contribution in [1.82, 2.24) is 10.2 Å². The Bertz CT molecular complexity index is 2090. The number of rotatable bonds is 10. The summed E-state index contributed by atoms with van der Waals surface area (Å²) in [6.07, 6.45) is 24.3. The molecular formula is C47H46N4O. The number of ether oxygens (including phenoxy) is 1. The molecule has 1 fully saturated rings. The van der Waals surface area contributed by atoms with Crippen molar-refractivity contribution in [2.45, 2.75) is 30.7 Å². The van der Waals surface area contributed by atoms with E-state index in [2.05, 4.69) is 181 Å². The summed E-state index contributed by atoms with van der Waals surface area (Å²) in [6.45, 7) is 9.09. The maximum atomic E-state index is 6.09. The predicted molar refractivity (Wildman–Crippen MR) is 219 cm³/mol. The predicted octanol–water partition coefficient (Wildman–Crippen LogP) is 10.7. The highest BCUT2D eigenvalue weighted by Crippen LogP contribution is 2.36. The molecule has 4 unspecified atom stereocenters. The van der Waals surface area contributed by atoms with Gasteiger partial charge in [0.25, 0.3) is 0 Å². The van der Waals surface area contributed by atoms with Crippen LogP contribution in [0.3, 0.4) is 0 Å². The lowest BCUT2D eigenvalue weighted by Crippen LogP contribution is -2.50. The van der Waals surface area contributed by atoms with Crippen molar-refractivity contribution in [3.8, 4) is 0 Å². The SMILES string of the molecule is C=C1CNC(c2cccc(N/C=C\C=C/C(=C)c3cccc(C4C=C(c5ccccc5Nc5ccccc5)C=CC4)c3)c2)N(C)C2C=CC=CC2O1. The number of likely N-dealkylation sites (N-methyl/N-ethyl adjacent to an activating group) is 1. The van der Waals surface area contributed by atoms with Crippen LogP contribution in [0.5, 0.6) is 0 Å². The molecule has 4 aromatic rings. The molecule has 0 spiro atoms. The van der Waals surface area contributed by atoms with E-state index in [1.54, 1.807) is 0 Å². The summed E-state index contributed by atoms with van der Waals surface area (Å²) in [5.41, 5.74) is 10.2. The van der Waals surface area contributed by atoms with Gasteiger partial charge < -0.3 is 15.4 Å². The monoisotopic (exact) mass is 682 g/mol. The van der Waals surface area contributed by atoms with E-state index in [1.165, 1.54) is 22.3 Å². The van der Waals surface area contributed by atoms with Crippen LogP contribution in [0, 0.1) is 0 Å². The molecular weight excluding hydrogens is 637 g/mol. The van der Waals surface area contributed by atoms with Crippen LogP contribution in [0.4, 0.5) is 17.1 Å². The van der Waals surface area contributed by atoms with Crippen LogP contribution in [-0.2, 0) is 4.74 Å². The van der Waals surface area contributed by atoms with Crippen molar-refractivity contribution in [1.29, 1.82) is 0 Å². The molecule has 1 heterocycles. The standard InChI is InChI=1S/C47H46N4O/c1-34(16-11-12-29-48-42-24-15-21-40(32-42)47-49-33-35(2)52-46-28-10-9-27-45(46)51(47)3)36-17-13-18-37(30-36)38-19-14-20-39(31-38)43-25-7-8-26-44(43)50-41-22-5-4-6-23-41/h4-18,20-32,38,45-50H,1-2,19,33H2,3H3/b16-11-,29-12-. The number of hydrogen-bond donors (Lipinski definition) is 3. The van der Waals surface area contributed by atoms with E-state index in [0.29, 0.717) is 6.54 Å². The highest BCUT2D eigenvalue weighted by molar-refractivity contribution is 5.85. The Kier molecular flexibility index (Phi) is 10.9. The molecule has 7 rings (SSSR count). The Hall–Kier alpha value is -5.88. The molecule has 2 aliphatic carbocycles. The van der Waals surface area contributed by atoms with E-state index in [1.807, 2.05) is 30.5 Å². The molecule has 5 nitrogen and oxygen atoms in total. The Balaban J connectivity index is 0.985. The molecule has 0 radical (unpaired) electrons. The zero-order valence-electron chi connectivity index (χ0n) is 29.7. The lowest BCUT2D eigenvalue weighted by atomic mass is 9.86. The third-order valence-electron chi connectivity index (χ3n) is 9.73. The minimum atomic E-state index is -0.0502. The van der Waals surface area contributed by atoms with Crippen LogP contribution in [0.1, 0.15) is 40.8 Å². The number of allylic oxidation sites excluding steroid dienone is 10. The lowest BCUT2D eigenvalue weighted by Gasteiger charge is -2.41. The molecule has 0 saturated carbocycles. The van der Waals surface area contributed by atoms with Gasteiger partial charge in [-0.1, -0.05) is 135 Å². The van der Waals surface area contributed by atoms with Gasteiger partial charge in [-0.3, -0.25) is 10.2 Å². The maximum Gasteiger partial charge on any atom is 0.136 e. The quantitative estimate of drug-likeness (QED) is 0.145. The second-order valence-electron chi connectivity index (χ2n) is 13.4. The Morgan fingerprint density at radius 2 is 1.65 bits per heavy atom. The van der Waals surface area contributed by atoms with Gasteiger partial charge in [0.15, 0.2) is 0 Å². The highest BCUT2D eigenvalue weighted by Gasteiger charge is 2.32. The van der Waals surface area contributed by atoms with Gasteiger partial charge in [-0.25, -0.2) is 0 Å². The van der Waals surface area contributed by atoms with E-state index in [-0.39, 0.29) is 24.2 Å². The summed E-state index contributed by atoms with van der Waals surface area (Å²) in [4.78, 5) is 2.32.